The van der Waals surface area contributed by atoms with Gasteiger partial charge in [0.25, 0.3) is 0 Å². The van der Waals surface area contributed by atoms with Gasteiger partial charge < -0.3 is 10.6 Å². The van der Waals surface area contributed by atoms with Gasteiger partial charge in [0.1, 0.15) is 10.4 Å². The lowest BCUT2D eigenvalue weighted by Crippen LogP contribution is -2.35. The van der Waals surface area contributed by atoms with Crippen LogP contribution < -0.4 is 10.6 Å². The van der Waals surface area contributed by atoms with Crippen molar-refractivity contribution in [3.63, 3.8) is 0 Å². The van der Waals surface area contributed by atoms with E-state index in [9.17, 15) is 9.18 Å². The van der Waals surface area contributed by atoms with E-state index < -0.39 is 11.2 Å². The van der Waals surface area contributed by atoms with Crippen molar-refractivity contribution < 1.29 is 9.18 Å². The highest BCUT2D eigenvalue weighted by molar-refractivity contribution is 9.10. The summed E-state index contributed by atoms with van der Waals surface area (Å²) in [4.78, 5) is 21.2. The molecule has 1 aliphatic rings. The Kier molecular flexibility index (Phi) is 5.62. The molecular formula is C21H21BrFN7O. The first-order valence-electron chi connectivity index (χ1n) is 9.90. The number of aromatic nitrogens is 4. The zero-order valence-corrected chi connectivity index (χ0v) is 18.7. The molecule has 31 heavy (non-hydrogen) atoms. The van der Waals surface area contributed by atoms with Crippen molar-refractivity contribution in [3.05, 3.63) is 40.4 Å². The van der Waals surface area contributed by atoms with E-state index in [4.69, 9.17) is 5.26 Å². The second kappa shape index (κ2) is 8.23. The molecule has 3 aromatic rings. The lowest BCUT2D eigenvalue weighted by molar-refractivity contribution is -0.129. The highest BCUT2D eigenvalue weighted by Crippen LogP contribution is 2.39. The third-order valence-electron chi connectivity index (χ3n) is 5.70. The van der Waals surface area contributed by atoms with Crippen LogP contribution in [-0.4, -0.2) is 38.7 Å². The van der Waals surface area contributed by atoms with E-state index in [0.29, 0.717) is 39.3 Å². The van der Waals surface area contributed by atoms with Crippen LogP contribution in [-0.2, 0) is 11.2 Å². The number of anilines is 1. The van der Waals surface area contributed by atoms with Crippen LogP contribution in [0, 0.1) is 22.6 Å². The normalized spacial score (nSPS) is 20.5. The maximum absolute atomic E-state index is 14.1. The number of nitrogens with zero attached hydrogens (tertiary/aromatic N) is 5. The smallest absolute Gasteiger partial charge is 0.225 e. The fourth-order valence-electron chi connectivity index (χ4n) is 4.12. The van der Waals surface area contributed by atoms with E-state index in [1.165, 1.54) is 16.8 Å². The van der Waals surface area contributed by atoms with E-state index in [-0.39, 0.29) is 18.4 Å². The van der Waals surface area contributed by atoms with Gasteiger partial charge in [-0.15, -0.1) is 0 Å². The molecule has 4 rings (SSSR count). The van der Waals surface area contributed by atoms with Crippen molar-refractivity contribution in [2.45, 2.75) is 38.6 Å². The molecule has 2 N–H and O–H groups in total. The molecule has 2 heterocycles. The van der Waals surface area contributed by atoms with Crippen LogP contribution in [0.4, 0.5) is 10.3 Å². The summed E-state index contributed by atoms with van der Waals surface area (Å²) in [7, 11) is 1.65. The Hall–Kier alpha value is -3.06. The Morgan fingerprint density at radius 1 is 1.45 bits per heavy atom. The van der Waals surface area contributed by atoms with Crippen molar-refractivity contribution in [1.82, 2.24) is 25.1 Å². The number of hydrogen-bond acceptors (Lipinski definition) is 6. The number of nitrogens with one attached hydrogen (secondary N) is 2. The van der Waals surface area contributed by atoms with E-state index in [0.717, 1.165) is 12.8 Å². The van der Waals surface area contributed by atoms with E-state index >= 15 is 0 Å². The second-order valence-corrected chi connectivity index (χ2v) is 8.76. The summed E-state index contributed by atoms with van der Waals surface area (Å²) >= 11 is 3.41. The second-order valence-electron chi connectivity index (χ2n) is 8.01. The number of carbonyl (C=O) groups excluding carboxylic acids is 1. The zero-order chi connectivity index (χ0) is 22.2. The van der Waals surface area contributed by atoms with Crippen LogP contribution in [0.25, 0.3) is 16.7 Å². The molecule has 8 nitrogen and oxygen atoms in total. The van der Waals surface area contributed by atoms with Gasteiger partial charge in [0.05, 0.1) is 23.6 Å². The molecule has 0 aliphatic heterocycles. The van der Waals surface area contributed by atoms with Crippen molar-refractivity contribution in [2.24, 2.45) is 5.41 Å². The van der Waals surface area contributed by atoms with Gasteiger partial charge in [0.15, 0.2) is 5.65 Å². The summed E-state index contributed by atoms with van der Waals surface area (Å²) in [6.45, 7) is 1.96. The standard InChI is InChI=1S/C21H21BrFN7O/c1-21(19(31)25-2)5-3-14(10-21)27-20-26-11-16-17(22)29-30(18(16)28-20)15-8-12(4-6-24)7-13(23)9-15/h7-9,11,14H,3-5,10H2,1-2H3,(H,25,31)(H,26,27,28)/t14-,21-/m1/s1. The van der Waals surface area contributed by atoms with Crippen LogP contribution in [0.2, 0.25) is 0 Å². The monoisotopic (exact) mass is 485 g/mol. The van der Waals surface area contributed by atoms with E-state index in [1.807, 2.05) is 13.0 Å². The van der Waals surface area contributed by atoms with Gasteiger partial charge in [0.2, 0.25) is 11.9 Å². The maximum Gasteiger partial charge on any atom is 0.225 e. The third-order valence-corrected chi connectivity index (χ3v) is 6.29. The molecule has 1 saturated carbocycles. The Balaban J connectivity index is 1.66. The number of carbonyl (C=O) groups is 1. The fourth-order valence-corrected chi connectivity index (χ4v) is 4.56. The van der Waals surface area contributed by atoms with Gasteiger partial charge >= 0.3 is 0 Å². The predicted octanol–water partition coefficient (Wildman–Crippen LogP) is 3.50. The molecule has 1 aromatic carbocycles. The average Bonchev–Trinajstić information content (AvgIpc) is 3.28. The number of nitriles is 1. The van der Waals surface area contributed by atoms with Gasteiger partial charge in [-0.2, -0.15) is 15.3 Å². The highest BCUT2D eigenvalue weighted by atomic mass is 79.9. The first-order chi connectivity index (χ1) is 14.8. The minimum atomic E-state index is -0.450. The predicted molar refractivity (Wildman–Crippen MR) is 117 cm³/mol. The maximum atomic E-state index is 14.1. The largest absolute Gasteiger partial charge is 0.359 e. The van der Waals surface area contributed by atoms with Crippen molar-refractivity contribution in [1.29, 1.82) is 5.26 Å². The number of rotatable bonds is 5. The van der Waals surface area contributed by atoms with E-state index in [2.05, 4.69) is 41.6 Å². The van der Waals surface area contributed by atoms with Gasteiger partial charge in [-0.3, -0.25) is 4.79 Å². The topological polar surface area (TPSA) is 109 Å². The molecule has 0 saturated heterocycles. The fraction of sp³-hybridized carbons (Fsp3) is 0.381. The molecule has 2 atom stereocenters. The third kappa shape index (κ3) is 4.10. The Bertz CT molecular complexity index is 1200. The highest BCUT2D eigenvalue weighted by Gasteiger charge is 2.40. The van der Waals surface area contributed by atoms with Crippen molar-refractivity contribution in [2.75, 3.05) is 12.4 Å². The van der Waals surface area contributed by atoms with Crippen molar-refractivity contribution >= 4 is 38.8 Å². The lowest BCUT2D eigenvalue weighted by Gasteiger charge is -2.22. The molecule has 0 spiro atoms. The minimum Gasteiger partial charge on any atom is -0.359 e. The number of benzene rings is 1. The Labute approximate surface area is 187 Å². The summed E-state index contributed by atoms with van der Waals surface area (Å²) < 4.78 is 16.2. The van der Waals surface area contributed by atoms with Crippen LogP contribution in [0.15, 0.2) is 29.0 Å². The molecule has 0 radical (unpaired) electrons. The molecule has 1 amide bonds. The molecule has 2 aromatic heterocycles. The summed E-state index contributed by atoms with van der Waals surface area (Å²) in [6.07, 6.45) is 4.04. The first kappa shape index (κ1) is 21.2. The summed E-state index contributed by atoms with van der Waals surface area (Å²) in [5.41, 5.74) is 1.12. The van der Waals surface area contributed by atoms with E-state index in [1.54, 1.807) is 19.3 Å². The van der Waals surface area contributed by atoms with Crippen LogP contribution >= 0.6 is 15.9 Å². The summed E-state index contributed by atoms with van der Waals surface area (Å²) in [5, 5.41) is 20.1. The molecule has 160 valence electrons. The van der Waals surface area contributed by atoms with Crippen LogP contribution in [0.3, 0.4) is 0 Å². The first-order valence-corrected chi connectivity index (χ1v) is 10.7. The minimum absolute atomic E-state index is 0.0365. The summed E-state index contributed by atoms with van der Waals surface area (Å²) in [6, 6.07) is 6.49. The SMILES string of the molecule is CNC(=O)[C@]1(C)CC[C@@H](Nc2ncc3c(Br)nn(-c4cc(F)cc(CC#N)c4)c3n2)C1. The quantitative estimate of drug-likeness (QED) is 0.572. The Morgan fingerprint density at radius 3 is 3.00 bits per heavy atom. The zero-order valence-electron chi connectivity index (χ0n) is 17.1. The number of hydrogen-bond donors (Lipinski definition) is 2. The molecule has 10 heteroatoms. The average molecular weight is 486 g/mol. The Morgan fingerprint density at radius 2 is 2.26 bits per heavy atom. The van der Waals surface area contributed by atoms with Gasteiger partial charge in [0, 0.05) is 24.7 Å². The number of amides is 1. The van der Waals surface area contributed by atoms with Crippen LogP contribution in [0.5, 0.6) is 0 Å². The van der Waals surface area contributed by atoms with Crippen LogP contribution in [0.1, 0.15) is 31.7 Å². The molecule has 0 unspecified atom stereocenters. The van der Waals surface area contributed by atoms with Gasteiger partial charge in [-0.25, -0.2) is 14.1 Å². The number of fused-ring (bicyclic) bond motifs is 1. The van der Waals surface area contributed by atoms with Crippen molar-refractivity contribution in [3.8, 4) is 11.8 Å². The number of halogens is 2. The van der Waals surface area contributed by atoms with Gasteiger partial charge in [-0.05, 0) is 59.0 Å². The lowest BCUT2D eigenvalue weighted by atomic mass is 9.87. The molecule has 1 fully saturated rings. The molecule has 1 aliphatic carbocycles. The van der Waals surface area contributed by atoms with Gasteiger partial charge in [-0.1, -0.05) is 6.92 Å². The summed E-state index contributed by atoms with van der Waals surface area (Å²) in [5.74, 6) is 0.00443. The molecular weight excluding hydrogens is 465 g/mol. The molecule has 0 bridgehead atoms.